The lowest BCUT2D eigenvalue weighted by Crippen LogP contribution is -2.57. The smallest absolute Gasteiger partial charge is 0.228 e. The Balaban J connectivity index is 1.40. The van der Waals surface area contributed by atoms with Crippen LogP contribution >= 0.6 is 23.2 Å². The Hall–Kier alpha value is -2.81. The van der Waals surface area contributed by atoms with Crippen molar-refractivity contribution in [3.05, 3.63) is 82.0 Å². The second kappa shape index (κ2) is 10.2. The molecule has 10 heteroatoms. The molecule has 0 aliphatic carbocycles. The first kappa shape index (κ1) is 25.8. The Morgan fingerprint density at radius 1 is 0.973 bits per heavy atom. The number of likely N-dealkylation sites (tertiary alicyclic amines) is 1. The summed E-state index contributed by atoms with van der Waals surface area (Å²) in [6.07, 6.45) is 1.59. The van der Waals surface area contributed by atoms with Gasteiger partial charge in [-0.1, -0.05) is 49.2 Å². The average Bonchev–Trinajstić information content (AvgIpc) is 3.33. The van der Waals surface area contributed by atoms with E-state index in [-0.39, 0.29) is 35.4 Å². The number of benzene rings is 1. The van der Waals surface area contributed by atoms with Gasteiger partial charge < -0.3 is 14.9 Å². The number of anilines is 1. The third-order valence-corrected chi connectivity index (χ3v) is 8.24. The van der Waals surface area contributed by atoms with E-state index in [1.54, 1.807) is 36.5 Å². The van der Waals surface area contributed by atoms with Crippen molar-refractivity contribution in [2.75, 3.05) is 31.1 Å². The Morgan fingerprint density at radius 3 is 2.27 bits per heavy atom. The van der Waals surface area contributed by atoms with Crippen molar-refractivity contribution in [3.8, 4) is 0 Å². The monoisotopic (exact) mass is 543 g/mol. The van der Waals surface area contributed by atoms with Crippen LogP contribution in [0.2, 0.25) is 10.2 Å². The predicted octanol–water partition coefficient (Wildman–Crippen LogP) is 4.54. The lowest BCUT2D eigenvalue weighted by atomic mass is 9.70. The zero-order valence-electron chi connectivity index (χ0n) is 20.6. The first-order valence-electron chi connectivity index (χ1n) is 12.3. The number of hydrogen-bond acceptors (Lipinski definition) is 6. The van der Waals surface area contributed by atoms with Crippen LogP contribution < -0.4 is 4.90 Å². The Bertz CT molecular complexity index is 1250. The fraction of sp³-hybridized carbons (Fsp3) is 0.407. The molecule has 3 aromatic rings. The van der Waals surface area contributed by atoms with Crippen LogP contribution in [0.4, 0.5) is 10.2 Å². The number of amides is 1. The van der Waals surface area contributed by atoms with Gasteiger partial charge in [-0.2, -0.15) is 0 Å². The second-order valence-corrected chi connectivity index (χ2v) is 10.9. The fourth-order valence-corrected chi connectivity index (χ4v) is 6.04. The van der Waals surface area contributed by atoms with Gasteiger partial charge in [0.05, 0.1) is 16.5 Å². The molecule has 0 unspecified atom stereocenters. The lowest BCUT2D eigenvalue weighted by molar-refractivity contribution is -0.152. The van der Waals surface area contributed by atoms with Gasteiger partial charge in [-0.3, -0.25) is 9.78 Å². The summed E-state index contributed by atoms with van der Waals surface area (Å²) in [5.74, 6) is -0.753. The van der Waals surface area contributed by atoms with Crippen molar-refractivity contribution in [2.24, 2.45) is 17.8 Å². The number of aromatic nitrogens is 3. The summed E-state index contributed by atoms with van der Waals surface area (Å²) in [6, 6.07) is 13.1. The standard InChI is InChI=1S/C27H28Cl2FN5O2/c1-16-12-35(13-17(2)27(16,37)18-3-6-20(30)7-4-18)26(36)22-15-34(25-10-9-24(29)32-33-25)14-21(22)23-8-5-19(28)11-31-23/h3-11,16-17,21-22,37H,12-15H2,1-2H3/t16-,17+,21-,22-,27+/m1/s1. The molecule has 0 saturated carbocycles. The van der Waals surface area contributed by atoms with Crippen LogP contribution in [0.25, 0.3) is 0 Å². The van der Waals surface area contributed by atoms with E-state index in [4.69, 9.17) is 23.2 Å². The molecule has 2 fully saturated rings. The minimum absolute atomic E-state index is 0.00558. The second-order valence-electron chi connectivity index (χ2n) is 10.1. The SMILES string of the molecule is C[C@@H]1CN(C(=O)[C@@H]2CN(c3ccc(Cl)nn3)C[C@H]2c2ccc(Cl)cn2)C[C@H](C)[C@]1(O)c1ccc(F)cc1. The van der Waals surface area contributed by atoms with E-state index >= 15 is 0 Å². The fourth-order valence-electron chi connectivity index (χ4n) is 5.83. The summed E-state index contributed by atoms with van der Waals surface area (Å²) in [5.41, 5.74) is 0.285. The van der Waals surface area contributed by atoms with Gasteiger partial charge in [0.15, 0.2) is 11.0 Å². The van der Waals surface area contributed by atoms with Crippen LogP contribution in [0.5, 0.6) is 0 Å². The molecule has 5 atom stereocenters. The van der Waals surface area contributed by atoms with Crippen LogP contribution in [0.1, 0.15) is 31.0 Å². The minimum atomic E-state index is -1.16. The molecule has 37 heavy (non-hydrogen) atoms. The number of carbonyl (C=O) groups excluding carboxylic acids is 1. The molecule has 2 aromatic heterocycles. The average molecular weight is 544 g/mol. The van der Waals surface area contributed by atoms with Crippen molar-refractivity contribution in [2.45, 2.75) is 25.4 Å². The Labute approximate surface area is 225 Å². The van der Waals surface area contributed by atoms with Crippen molar-refractivity contribution in [1.82, 2.24) is 20.1 Å². The van der Waals surface area contributed by atoms with Crippen LogP contribution in [-0.4, -0.2) is 57.3 Å². The van der Waals surface area contributed by atoms with E-state index in [1.807, 2.05) is 29.7 Å². The quantitative estimate of drug-likeness (QED) is 0.520. The molecular formula is C27H28Cl2FN5O2. The van der Waals surface area contributed by atoms with Gasteiger partial charge in [-0.05, 0) is 42.0 Å². The topological polar surface area (TPSA) is 82.5 Å². The van der Waals surface area contributed by atoms with Crippen molar-refractivity contribution >= 4 is 34.9 Å². The third kappa shape index (κ3) is 4.90. The van der Waals surface area contributed by atoms with Crippen molar-refractivity contribution in [1.29, 1.82) is 0 Å². The highest BCUT2D eigenvalue weighted by Crippen LogP contribution is 2.43. The summed E-state index contributed by atoms with van der Waals surface area (Å²) in [5, 5.41) is 20.7. The molecule has 0 radical (unpaired) electrons. The van der Waals surface area contributed by atoms with Crippen LogP contribution in [0.3, 0.4) is 0 Å². The number of halogens is 3. The van der Waals surface area contributed by atoms with E-state index in [2.05, 4.69) is 15.2 Å². The van der Waals surface area contributed by atoms with Gasteiger partial charge in [0, 0.05) is 55.8 Å². The largest absolute Gasteiger partial charge is 0.384 e. The zero-order chi connectivity index (χ0) is 26.3. The van der Waals surface area contributed by atoms with E-state index in [1.165, 1.54) is 12.1 Å². The molecule has 2 saturated heterocycles. The lowest BCUT2D eigenvalue weighted by Gasteiger charge is -2.48. The zero-order valence-corrected chi connectivity index (χ0v) is 22.1. The van der Waals surface area contributed by atoms with Gasteiger partial charge >= 0.3 is 0 Å². The molecule has 194 valence electrons. The first-order chi connectivity index (χ1) is 17.7. The highest BCUT2D eigenvalue weighted by Gasteiger charge is 2.49. The van der Waals surface area contributed by atoms with Gasteiger partial charge in [-0.15, -0.1) is 10.2 Å². The maximum Gasteiger partial charge on any atom is 0.228 e. The highest BCUT2D eigenvalue weighted by atomic mass is 35.5. The molecule has 1 amide bonds. The minimum Gasteiger partial charge on any atom is -0.384 e. The summed E-state index contributed by atoms with van der Waals surface area (Å²) < 4.78 is 13.5. The van der Waals surface area contributed by atoms with Gasteiger partial charge in [0.2, 0.25) is 5.91 Å². The summed E-state index contributed by atoms with van der Waals surface area (Å²) in [4.78, 5) is 22.4. The number of rotatable bonds is 4. The highest BCUT2D eigenvalue weighted by molar-refractivity contribution is 6.30. The number of carbonyl (C=O) groups is 1. The summed E-state index contributed by atoms with van der Waals surface area (Å²) >= 11 is 12.0. The molecule has 1 aromatic carbocycles. The number of piperidine rings is 1. The van der Waals surface area contributed by atoms with E-state index in [0.29, 0.717) is 47.7 Å². The van der Waals surface area contributed by atoms with Gasteiger partial charge in [0.25, 0.3) is 0 Å². The maximum atomic E-state index is 14.0. The number of nitrogens with zero attached hydrogens (tertiary/aromatic N) is 5. The molecular weight excluding hydrogens is 516 g/mol. The molecule has 1 N–H and O–H groups in total. The maximum absolute atomic E-state index is 14.0. The molecule has 0 bridgehead atoms. The van der Waals surface area contributed by atoms with Crippen LogP contribution in [-0.2, 0) is 10.4 Å². The molecule has 0 spiro atoms. The van der Waals surface area contributed by atoms with Crippen molar-refractivity contribution in [3.63, 3.8) is 0 Å². The van der Waals surface area contributed by atoms with E-state index in [0.717, 1.165) is 5.69 Å². The predicted molar refractivity (Wildman–Crippen MR) is 140 cm³/mol. The van der Waals surface area contributed by atoms with Crippen LogP contribution in [0, 0.1) is 23.6 Å². The number of aliphatic hydroxyl groups is 1. The molecule has 5 rings (SSSR count). The molecule has 7 nitrogen and oxygen atoms in total. The number of pyridine rings is 1. The molecule has 2 aliphatic rings. The van der Waals surface area contributed by atoms with Gasteiger partial charge in [-0.25, -0.2) is 4.39 Å². The van der Waals surface area contributed by atoms with E-state index < -0.39 is 5.60 Å². The van der Waals surface area contributed by atoms with E-state index in [9.17, 15) is 14.3 Å². The van der Waals surface area contributed by atoms with Crippen LogP contribution in [0.15, 0.2) is 54.7 Å². The van der Waals surface area contributed by atoms with Crippen molar-refractivity contribution < 1.29 is 14.3 Å². The Kier molecular flexibility index (Phi) is 7.09. The number of hydrogen-bond donors (Lipinski definition) is 1. The summed E-state index contributed by atoms with van der Waals surface area (Å²) in [6.45, 7) is 5.62. The molecule has 2 aliphatic heterocycles. The van der Waals surface area contributed by atoms with Gasteiger partial charge in [0.1, 0.15) is 5.82 Å². The summed E-state index contributed by atoms with van der Waals surface area (Å²) in [7, 11) is 0. The normalized spacial score (nSPS) is 27.9. The Morgan fingerprint density at radius 2 is 1.68 bits per heavy atom. The molecule has 4 heterocycles. The first-order valence-corrected chi connectivity index (χ1v) is 13.0. The third-order valence-electron chi connectivity index (χ3n) is 7.82.